The number of ether oxygens (including phenoxy) is 1. The molecule has 0 aliphatic carbocycles. The molecule has 0 bridgehead atoms. The highest BCUT2D eigenvalue weighted by atomic mass is 19.1. The number of hydrogen-bond donors (Lipinski definition) is 0. The highest BCUT2D eigenvalue weighted by Gasteiger charge is 2.09. The lowest BCUT2D eigenvalue weighted by Crippen LogP contribution is -1.96. The van der Waals surface area contributed by atoms with Crippen LogP contribution in [0.2, 0.25) is 0 Å². The molecule has 3 nitrogen and oxygen atoms in total. The third-order valence-electron chi connectivity index (χ3n) is 2.83. The Kier molecular flexibility index (Phi) is 4.77. The molecule has 0 aliphatic heterocycles. The number of benzene rings is 2. The second-order valence-corrected chi connectivity index (χ2v) is 4.40. The number of methoxy groups -OCH3 is 1. The Bertz CT molecular complexity index is 656. The molecular formula is C16H14F2N2O. The average Bonchev–Trinajstić information content (AvgIpc) is 2.47. The van der Waals surface area contributed by atoms with Crippen molar-refractivity contribution in [3.05, 3.63) is 64.7 Å². The van der Waals surface area contributed by atoms with E-state index >= 15 is 0 Å². The molecule has 0 unspecified atom stereocenters. The minimum absolute atomic E-state index is 0.116. The van der Waals surface area contributed by atoms with Crippen molar-refractivity contribution in [1.29, 1.82) is 0 Å². The van der Waals surface area contributed by atoms with Gasteiger partial charge in [-0.3, -0.25) is 0 Å². The normalized spacial score (nSPS) is 11.4. The standard InChI is InChI=1S/C16H14F2N2O/c1-11-3-5-12(6-4-11)9-19-20-10-14-15(17)7-13(21-2)8-16(14)18/h3-10H,1-2H3/b19-9+,20-10+. The van der Waals surface area contributed by atoms with Crippen LogP contribution in [0.5, 0.6) is 5.75 Å². The Labute approximate surface area is 121 Å². The van der Waals surface area contributed by atoms with Crippen molar-refractivity contribution in [2.75, 3.05) is 7.11 Å². The van der Waals surface area contributed by atoms with Crippen molar-refractivity contribution in [3.63, 3.8) is 0 Å². The first kappa shape index (κ1) is 14.8. The van der Waals surface area contributed by atoms with Gasteiger partial charge >= 0.3 is 0 Å². The fourth-order valence-electron chi connectivity index (χ4n) is 1.65. The van der Waals surface area contributed by atoms with Gasteiger partial charge < -0.3 is 4.74 Å². The minimum atomic E-state index is -0.749. The van der Waals surface area contributed by atoms with Crippen LogP contribution in [0.25, 0.3) is 0 Å². The van der Waals surface area contributed by atoms with E-state index in [1.54, 1.807) is 0 Å². The summed E-state index contributed by atoms with van der Waals surface area (Å²) in [7, 11) is 1.34. The summed E-state index contributed by atoms with van der Waals surface area (Å²) in [4.78, 5) is 0. The van der Waals surface area contributed by atoms with Crippen molar-refractivity contribution in [2.24, 2.45) is 10.2 Å². The van der Waals surface area contributed by atoms with Gasteiger partial charge in [0.1, 0.15) is 17.4 Å². The molecule has 0 aromatic heterocycles. The number of hydrogen-bond acceptors (Lipinski definition) is 3. The second-order valence-electron chi connectivity index (χ2n) is 4.40. The van der Waals surface area contributed by atoms with Crippen LogP contribution in [0.4, 0.5) is 8.78 Å². The average molecular weight is 288 g/mol. The van der Waals surface area contributed by atoms with E-state index in [1.807, 2.05) is 31.2 Å². The molecule has 108 valence electrons. The predicted octanol–water partition coefficient (Wildman–Crippen LogP) is 3.73. The molecule has 0 atom stereocenters. The summed E-state index contributed by atoms with van der Waals surface area (Å²) >= 11 is 0. The minimum Gasteiger partial charge on any atom is -0.497 e. The summed E-state index contributed by atoms with van der Waals surface area (Å²) in [6.45, 7) is 1.98. The lowest BCUT2D eigenvalue weighted by atomic mass is 10.2. The summed E-state index contributed by atoms with van der Waals surface area (Å²) in [5, 5.41) is 7.43. The number of rotatable bonds is 4. The summed E-state index contributed by atoms with van der Waals surface area (Å²) in [5.74, 6) is -1.38. The molecule has 0 saturated carbocycles. The largest absolute Gasteiger partial charge is 0.497 e. The van der Waals surface area contributed by atoms with E-state index in [9.17, 15) is 8.78 Å². The smallest absolute Gasteiger partial charge is 0.138 e. The van der Waals surface area contributed by atoms with Gasteiger partial charge in [-0.05, 0) is 12.5 Å². The molecular weight excluding hydrogens is 274 g/mol. The van der Waals surface area contributed by atoms with Crippen molar-refractivity contribution >= 4 is 12.4 Å². The molecule has 2 aromatic rings. The molecule has 21 heavy (non-hydrogen) atoms. The zero-order valence-corrected chi connectivity index (χ0v) is 11.7. The third kappa shape index (κ3) is 3.95. The molecule has 0 amide bonds. The Hall–Kier alpha value is -2.56. The van der Waals surface area contributed by atoms with E-state index in [0.717, 1.165) is 29.5 Å². The monoisotopic (exact) mass is 288 g/mol. The van der Waals surface area contributed by atoms with E-state index in [4.69, 9.17) is 4.74 Å². The highest BCUT2D eigenvalue weighted by molar-refractivity contribution is 5.83. The van der Waals surface area contributed by atoms with Gasteiger partial charge in [-0.25, -0.2) is 8.78 Å². The van der Waals surface area contributed by atoms with Gasteiger partial charge in [0.05, 0.1) is 25.1 Å². The van der Waals surface area contributed by atoms with E-state index in [0.29, 0.717) is 0 Å². The van der Waals surface area contributed by atoms with Crippen molar-refractivity contribution in [2.45, 2.75) is 6.92 Å². The van der Waals surface area contributed by atoms with Gasteiger partial charge in [0.2, 0.25) is 0 Å². The summed E-state index contributed by atoms with van der Waals surface area (Å²) < 4.78 is 32.0. The van der Waals surface area contributed by atoms with E-state index in [2.05, 4.69) is 10.2 Å². The maximum atomic E-state index is 13.6. The van der Waals surface area contributed by atoms with Gasteiger partial charge in [-0.15, -0.1) is 0 Å². The fourth-order valence-corrected chi connectivity index (χ4v) is 1.65. The topological polar surface area (TPSA) is 34.0 Å². The number of halogens is 2. The van der Waals surface area contributed by atoms with Crippen LogP contribution in [0, 0.1) is 18.6 Å². The van der Waals surface area contributed by atoms with Gasteiger partial charge in [-0.2, -0.15) is 10.2 Å². The van der Waals surface area contributed by atoms with Crippen LogP contribution in [-0.4, -0.2) is 19.5 Å². The Morgan fingerprint density at radius 1 is 0.952 bits per heavy atom. The SMILES string of the molecule is COc1cc(F)c(/C=N/N=C/c2ccc(C)cc2)c(F)c1. The Morgan fingerprint density at radius 3 is 2.10 bits per heavy atom. The molecule has 0 N–H and O–H groups in total. The predicted molar refractivity (Wildman–Crippen MR) is 79.3 cm³/mol. The van der Waals surface area contributed by atoms with Crippen LogP contribution in [0.15, 0.2) is 46.6 Å². The molecule has 0 spiro atoms. The van der Waals surface area contributed by atoms with Crippen molar-refractivity contribution < 1.29 is 13.5 Å². The third-order valence-corrected chi connectivity index (χ3v) is 2.83. The van der Waals surface area contributed by atoms with Gasteiger partial charge in [-0.1, -0.05) is 29.8 Å². The Balaban J connectivity index is 2.13. The first-order valence-electron chi connectivity index (χ1n) is 6.26. The number of aryl methyl sites for hydroxylation is 1. The molecule has 2 rings (SSSR count). The van der Waals surface area contributed by atoms with Gasteiger partial charge in [0.25, 0.3) is 0 Å². The molecule has 0 radical (unpaired) electrons. The molecule has 0 aliphatic rings. The summed E-state index contributed by atoms with van der Waals surface area (Å²) in [6.07, 6.45) is 2.55. The first-order valence-corrected chi connectivity index (χ1v) is 6.26. The van der Waals surface area contributed by atoms with Crippen LogP contribution in [-0.2, 0) is 0 Å². The van der Waals surface area contributed by atoms with Crippen molar-refractivity contribution in [1.82, 2.24) is 0 Å². The first-order chi connectivity index (χ1) is 10.1. The van der Waals surface area contributed by atoms with Crippen LogP contribution < -0.4 is 4.74 Å². The number of nitrogens with zero attached hydrogens (tertiary/aromatic N) is 2. The van der Waals surface area contributed by atoms with E-state index < -0.39 is 11.6 Å². The molecule has 2 aromatic carbocycles. The van der Waals surface area contributed by atoms with Crippen LogP contribution in [0.3, 0.4) is 0 Å². The van der Waals surface area contributed by atoms with E-state index in [-0.39, 0.29) is 11.3 Å². The van der Waals surface area contributed by atoms with Gasteiger partial charge in [0, 0.05) is 12.1 Å². The fraction of sp³-hybridized carbons (Fsp3) is 0.125. The second kappa shape index (κ2) is 6.74. The zero-order chi connectivity index (χ0) is 15.2. The highest BCUT2D eigenvalue weighted by Crippen LogP contribution is 2.19. The van der Waals surface area contributed by atoms with Crippen LogP contribution in [0.1, 0.15) is 16.7 Å². The Morgan fingerprint density at radius 2 is 1.52 bits per heavy atom. The van der Waals surface area contributed by atoms with Crippen LogP contribution >= 0.6 is 0 Å². The molecule has 0 heterocycles. The molecule has 0 fully saturated rings. The molecule has 0 saturated heterocycles. The zero-order valence-electron chi connectivity index (χ0n) is 11.7. The summed E-state index contributed by atoms with van der Waals surface area (Å²) in [5.41, 5.74) is 1.74. The lowest BCUT2D eigenvalue weighted by molar-refractivity contribution is 0.406. The summed E-state index contributed by atoms with van der Waals surface area (Å²) in [6, 6.07) is 9.82. The quantitative estimate of drug-likeness (QED) is 0.623. The van der Waals surface area contributed by atoms with E-state index in [1.165, 1.54) is 13.3 Å². The van der Waals surface area contributed by atoms with Crippen molar-refractivity contribution in [3.8, 4) is 5.75 Å². The lowest BCUT2D eigenvalue weighted by Gasteiger charge is -2.02. The maximum Gasteiger partial charge on any atom is 0.138 e. The molecule has 5 heteroatoms. The van der Waals surface area contributed by atoms with Gasteiger partial charge in [0.15, 0.2) is 0 Å². The maximum absolute atomic E-state index is 13.6.